The summed E-state index contributed by atoms with van der Waals surface area (Å²) in [6, 6.07) is 0.894. The Labute approximate surface area is 246 Å². The number of nitrogens with zero attached hydrogens (tertiary/aromatic N) is 2. The first kappa shape index (κ1) is 34.2. The van der Waals surface area contributed by atoms with Crippen LogP contribution in [0.15, 0.2) is 28.6 Å². The molecule has 0 atom stereocenters. The van der Waals surface area contributed by atoms with Gasteiger partial charge in [-0.25, -0.2) is 9.59 Å². The van der Waals surface area contributed by atoms with Gasteiger partial charge in [0.2, 0.25) is 5.75 Å². The summed E-state index contributed by atoms with van der Waals surface area (Å²) in [5, 5.41) is 27.5. The molecule has 0 unspecified atom stereocenters. The number of esters is 2. The molecule has 0 fully saturated rings. The molecule has 0 radical (unpaired) electrons. The molecule has 1 aromatic carbocycles. The van der Waals surface area contributed by atoms with Crippen LogP contribution in [0.5, 0.6) is 5.75 Å². The predicted octanol–water partition coefficient (Wildman–Crippen LogP) is 6.56. The van der Waals surface area contributed by atoms with E-state index in [-0.39, 0.29) is 47.7 Å². The van der Waals surface area contributed by atoms with Crippen molar-refractivity contribution >= 4 is 23.3 Å². The number of nitro groups is 2. The summed E-state index contributed by atoms with van der Waals surface area (Å²) in [6.07, 6.45) is 8.10. The highest BCUT2D eigenvalue weighted by molar-refractivity contribution is 6.00. The van der Waals surface area contributed by atoms with Crippen LogP contribution in [0.2, 0.25) is 0 Å². The van der Waals surface area contributed by atoms with Crippen LogP contribution >= 0.6 is 0 Å². The quantitative estimate of drug-likeness (QED) is 0.0912. The van der Waals surface area contributed by atoms with E-state index >= 15 is 0 Å². The molecular formula is C30H43N3O9. The summed E-state index contributed by atoms with van der Waals surface area (Å²) in [6.45, 7) is 8.67. The maximum absolute atomic E-state index is 13.4. The van der Waals surface area contributed by atoms with E-state index in [9.17, 15) is 29.8 Å². The van der Waals surface area contributed by atoms with Gasteiger partial charge in [0.25, 0.3) is 5.69 Å². The van der Waals surface area contributed by atoms with E-state index in [1.54, 1.807) is 27.7 Å². The number of hydrogen-bond acceptors (Lipinski definition) is 10. The number of unbranched alkanes of at least 4 members (excludes halogenated alkanes) is 7. The molecule has 1 heterocycles. The van der Waals surface area contributed by atoms with Gasteiger partial charge in [-0.1, -0.05) is 51.9 Å². The smallest absolute Gasteiger partial charge is 0.336 e. The van der Waals surface area contributed by atoms with E-state index in [2.05, 4.69) is 12.2 Å². The molecule has 0 saturated heterocycles. The fourth-order valence-electron chi connectivity index (χ4n) is 5.45. The van der Waals surface area contributed by atoms with Gasteiger partial charge in [-0.2, -0.15) is 0 Å². The molecule has 1 N–H and O–H groups in total. The van der Waals surface area contributed by atoms with Crippen LogP contribution in [0.3, 0.4) is 0 Å². The van der Waals surface area contributed by atoms with E-state index in [0.717, 1.165) is 44.6 Å². The Bertz CT molecular complexity index is 1200. The maximum atomic E-state index is 13.4. The second-order valence-electron chi connectivity index (χ2n) is 10.2. The molecule has 0 spiro atoms. The summed E-state index contributed by atoms with van der Waals surface area (Å²) in [5.41, 5.74) is -0.236. The number of ether oxygens (including phenoxy) is 3. The van der Waals surface area contributed by atoms with Crippen molar-refractivity contribution in [1.82, 2.24) is 5.32 Å². The summed E-state index contributed by atoms with van der Waals surface area (Å²) in [4.78, 5) is 49.8. The fraction of sp³-hybridized carbons (Fsp3) is 0.600. The lowest BCUT2D eigenvalue weighted by molar-refractivity contribution is -0.395. The van der Waals surface area contributed by atoms with Gasteiger partial charge in [-0.05, 0) is 40.5 Å². The normalized spacial score (nSPS) is 13.6. The van der Waals surface area contributed by atoms with Crippen molar-refractivity contribution in [3.05, 3.63) is 60.0 Å². The zero-order chi connectivity index (χ0) is 31.4. The highest BCUT2D eigenvalue weighted by atomic mass is 16.6. The number of carbonyl (C=O) groups is 2. The number of hydrogen-bond donors (Lipinski definition) is 1. The van der Waals surface area contributed by atoms with Gasteiger partial charge in [0.15, 0.2) is 0 Å². The lowest BCUT2D eigenvalue weighted by Crippen LogP contribution is -2.33. The Morgan fingerprint density at radius 3 is 1.71 bits per heavy atom. The minimum Gasteiger partial charge on any atom is -0.490 e. The van der Waals surface area contributed by atoms with Crippen molar-refractivity contribution in [3.63, 3.8) is 0 Å². The molecule has 0 saturated carbocycles. The van der Waals surface area contributed by atoms with Gasteiger partial charge in [0.1, 0.15) is 0 Å². The number of rotatable bonds is 17. The third-order valence-electron chi connectivity index (χ3n) is 7.30. The number of benzene rings is 1. The summed E-state index contributed by atoms with van der Waals surface area (Å²) >= 11 is 0. The molecule has 0 amide bonds. The number of methoxy groups -OCH3 is 1. The van der Waals surface area contributed by atoms with Crippen molar-refractivity contribution in [2.24, 2.45) is 0 Å². The first-order valence-corrected chi connectivity index (χ1v) is 14.6. The number of dihydropyridines is 1. The van der Waals surface area contributed by atoms with Crippen LogP contribution in [-0.4, -0.2) is 42.1 Å². The molecular weight excluding hydrogens is 546 g/mol. The lowest BCUT2D eigenvalue weighted by Gasteiger charge is -2.32. The number of allylic oxidation sites excluding steroid dienone is 2. The second-order valence-corrected chi connectivity index (χ2v) is 10.2. The summed E-state index contributed by atoms with van der Waals surface area (Å²) < 4.78 is 16.2. The fourth-order valence-corrected chi connectivity index (χ4v) is 5.45. The van der Waals surface area contributed by atoms with E-state index in [1.807, 2.05) is 0 Å². The first-order valence-electron chi connectivity index (χ1n) is 14.6. The molecule has 1 aromatic rings. The van der Waals surface area contributed by atoms with Crippen LogP contribution in [0.25, 0.3) is 0 Å². The van der Waals surface area contributed by atoms with Crippen LogP contribution in [0.4, 0.5) is 11.4 Å². The maximum Gasteiger partial charge on any atom is 0.336 e. The van der Waals surface area contributed by atoms with Gasteiger partial charge >= 0.3 is 17.6 Å². The summed E-state index contributed by atoms with van der Waals surface area (Å²) in [7, 11) is 1.22. The lowest BCUT2D eigenvalue weighted by atomic mass is 9.76. The molecule has 0 aliphatic carbocycles. The van der Waals surface area contributed by atoms with Gasteiger partial charge in [-0.15, -0.1) is 0 Å². The SMILES string of the molecule is CCCCCCCCCCc1c([N+](=O)[O-])cc([N+](=O)[O-])c(OC)c1C1C(C(=O)OCC)=C(C)NC(C)=C1C(=O)OCC. The third kappa shape index (κ3) is 8.07. The van der Waals surface area contributed by atoms with Crippen molar-refractivity contribution in [2.75, 3.05) is 20.3 Å². The third-order valence-corrected chi connectivity index (χ3v) is 7.30. The molecule has 232 valence electrons. The molecule has 42 heavy (non-hydrogen) atoms. The highest BCUT2D eigenvalue weighted by Gasteiger charge is 2.44. The minimum absolute atomic E-state index is 0.00391. The number of carbonyl (C=O) groups excluding carboxylic acids is 2. The first-order chi connectivity index (χ1) is 20.0. The van der Waals surface area contributed by atoms with Gasteiger partial charge < -0.3 is 19.5 Å². The standard InChI is InChI=1S/C30H43N3O9/c1-7-10-11-12-13-14-15-16-17-21-22(32(36)37)18-23(33(38)39)28(40-6)26(21)27-24(29(34)41-8-2)19(4)31-20(5)25(27)30(35)42-9-3/h18,27,31H,7-17H2,1-6H3. The molecule has 0 aromatic heterocycles. The van der Waals surface area contributed by atoms with Gasteiger partial charge in [0.05, 0.1) is 53.3 Å². The average Bonchev–Trinajstić information content (AvgIpc) is 2.93. The number of nitrogens with one attached hydrogen (secondary N) is 1. The number of nitro benzene ring substituents is 2. The molecule has 0 bridgehead atoms. The average molecular weight is 590 g/mol. The largest absolute Gasteiger partial charge is 0.490 e. The van der Waals surface area contributed by atoms with Crippen LogP contribution in [0, 0.1) is 20.2 Å². The summed E-state index contributed by atoms with van der Waals surface area (Å²) in [5.74, 6) is -3.06. The molecule has 1 aliphatic heterocycles. The Morgan fingerprint density at radius 1 is 0.810 bits per heavy atom. The highest BCUT2D eigenvalue weighted by Crippen LogP contribution is 2.50. The van der Waals surface area contributed by atoms with Crippen molar-refractivity contribution in [2.45, 2.75) is 98.3 Å². The van der Waals surface area contributed by atoms with E-state index in [1.165, 1.54) is 13.5 Å². The Hall–Kier alpha value is -3.96. The Balaban J connectivity index is 2.84. The minimum atomic E-state index is -1.28. The van der Waals surface area contributed by atoms with Crippen molar-refractivity contribution < 1.29 is 33.6 Å². The zero-order valence-electron chi connectivity index (χ0n) is 25.5. The van der Waals surface area contributed by atoms with Crippen LogP contribution < -0.4 is 10.1 Å². The molecule has 1 aliphatic rings. The van der Waals surface area contributed by atoms with Gasteiger partial charge in [0, 0.05) is 22.5 Å². The van der Waals surface area contributed by atoms with E-state index in [0.29, 0.717) is 17.8 Å². The van der Waals surface area contributed by atoms with Gasteiger partial charge in [-0.3, -0.25) is 20.2 Å². The van der Waals surface area contributed by atoms with Crippen molar-refractivity contribution in [1.29, 1.82) is 0 Å². The molecule has 12 nitrogen and oxygen atoms in total. The van der Waals surface area contributed by atoms with E-state index in [4.69, 9.17) is 14.2 Å². The monoisotopic (exact) mass is 589 g/mol. The Morgan fingerprint density at radius 2 is 1.29 bits per heavy atom. The van der Waals surface area contributed by atoms with Crippen molar-refractivity contribution in [3.8, 4) is 5.75 Å². The molecule has 12 heteroatoms. The Kier molecular flexibility index (Phi) is 13.4. The van der Waals surface area contributed by atoms with E-state index < -0.39 is 39.1 Å². The second kappa shape index (κ2) is 16.5. The molecule has 2 rings (SSSR count). The van der Waals surface area contributed by atoms with Crippen LogP contribution in [0.1, 0.15) is 103 Å². The predicted molar refractivity (Wildman–Crippen MR) is 157 cm³/mol. The van der Waals surface area contributed by atoms with Crippen LogP contribution in [-0.2, 0) is 25.5 Å². The topological polar surface area (TPSA) is 160 Å². The zero-order valence-corrected chi connectivity index (χ0v) is 25.5.